The van der Waals surface area contributed by atoms with E-state index in [-0.39, 0.29) is 5.95 Å². The molecule has 3 N–H and O–H groups in total. The van der Waals surface area contributed by atoms with Crippen molar-refractivity contribution >= 4 is 17.3 Å². The van der Waals surface area contributed by atoms with Crippen LogP contribution >= 0.6 is 0 Å². The van der Waals surface area contributed by atoms with Crippen molar-refractivity contribution in [3.05, 3.63) is 42.2 Å². The summed E-state index contributed by atoms with van der Waals surface area (Å²) in [7, 11) is 0. The Morgan fingerprint density at radius 3 is 2.06 bits per heavy atom. The van der Waals surface area contributed by atoms with Crippen LogP contribution in [0.15, 0.2) is 36.7 Å². The molecule has 18 heavy (non-hydrogen) atoms. The number of aromatic nitrogens is 2. The lowest BCUT2D eigenvalue weighted by Gasteiger charge is -2.08. The molecule has 1 aromatic carbocycles. The molecule has 94 valence electrons. The van der Waals surface area contributed by atoms with Crippen molar-refractivity contribution in [3.63, 3.8) is 0 Å². The highest BCUT2D eigenvalue weighted by atomic mass is 19.4. The van der Waals surface area contributed by atoms with Crippen LogP contribution in [0, 0.1) is 0 Å². The van der Waals surface area contributed by atoms with E-state index in [9.17, 15) is 13.2 Å². The van der Waals surface area contributed by atoms with Gasteiger partial charge in [0.15, 0.2) is 0 Å². The molecule has 0 saturated carbocycles. The first kappa shape index (κ1) is 12.2. The van der Waals surface area contributed by atoms with Gasteiger partial charge in [0.05, 0.1) is 23.6 Å². The monoisotopic (exact) mass is 254 g/mol. The molecular formula is C11H9F3N4. The summed E-state index contributed by atoms with van der Waals surface area (Å²) in [6.07, 6.45) is -1.53. The first-order valence-electron chi connectivity index (χ1n) is 4.97. The minimum atomic E-state index is -4.34. The van der Waals surface area contributed by atoms with Crippen LogP contribution in [0.3, 0.4) is 0 Å². The quantitative estimate of drug-likeness (QED) is 0.864. The number of hydrogen-bond acceptors (Lipinski definition) is 4. The number of nitrogens with one attached hydrogen (secondary N) is 1. The molecule has 2 aromatic rings. The molecular weight excluding hydrogens is 245 g/mol. The molecule has 1 aromatic heterocycles. The van der Waals surface area contributed by atoms with Crippen molar-refractivity contribution in [1.29, 1.82) is 0 Å². The minimum absolute atomic E-state index is 0.268. The third-order valence-electron chi connectivity index (χ3n) is 2.14. The van der Waals surface area contributed by atoms with Crippen molar-refractivity contribution < 1.29 is 13.2 Å². The Morgan fingerprint density at radius 1 is 1.00 bits per heavy atom. The zero-order valence-electron chi connectivity index (χ0n) is 9.07. The van der Waals surface area contributed by atoms with Gasteiger partial charge in [-0.05, 0) is 24.3 Å². The number of rotatable bonds is 2. The maximum absolute atomic E-state index is 12.3. The van der Waals surface area contributed by atoms with E-state index in [1.165, 1.54) is 24.5 Å². The maximum Gasteiger partial charge on any atom is 0.416 e. The third-order valence-corrected chi connectivity index (χ3v) is 2.14. The number of hydrogen-bond donors (Lipinski definition) is 2. The van der Waals surface area contributed by atoms with Crippen LogP contribution in [0.2, 0.25) is 0 Å². The second kappa shape index (κ2) is 4.52. The predicted octanol–water partition coefficient (Wildman–Crippen LogP) is 2.82. The van der Waals surface area contributed by atoms with Gasteiger partial charge in [0.25, 0.3) is 0 Å². The molecule has 0 atom stereocenters. The molecule has 0 aliphatic rings. The van der Waals surface area contributed by atoms with Crippen molar-refractivity contribution in [1.82, 2.24) is 9.97 Å². The molecule has 0 radical (unpaired) electrons. The Bertz CT molecular complexity index is 519. The summed E-state index contributed by atoms with van der Waals surface area (Å²) >= 11 is 0. The fourth-order valence-corrected chi connectivity index (χ4v) is 1.27. The number of nitrogens with zero attached hydrogens (tertiary/aromatic N) is 2. The van der Waals surface area contributed by atoms with Crippen LogP contribution in [0.5, 0.6) is 0 Å². The molecule has 1 heterocycles. The van der Waals surface area contributed by atoms with Crippen LogP contribution in [-0.4, -0.2) is 9.97 Å². The Morgan fingerprint density at radius 2 is 1.56 bits per heavy atom. The van der Waals surface area contributed by atoms with Gasteiger partial charge in [-0.25, -0.2) is 9.97 Å². The van der Waals surface area contributed by atoms with Crippen molar-refractivity contribution in [2.24, 2.45) is 0 Å². The zero-order chi connectivity index (χ0) is 13.2. The van der Waals surface area contributed by atoms with Crippen molar-refractivity contribution in [3.8, 4) is 0 Å². The van der Waals surface area contributed by atoms with Gasteiger partial charge in [-0.3, -0.25) is 0 Å². The lowest BCUT2D eigenvalue weighted by Crippen LogP contribution is -2.04. The number of anilines is 3. The lowest BCUT2D eigenvalue weighted by atomic mass is 10.2. The molecule has 0 aliphatic carbocycles. The third kappa shape index (κ3) is 2.88. The number of alkyl halides is 3. The van der Waals surface area contributed by atoms with Gasteiger partial charge in [0.2, 0.25) is 5.95 Å². The number of nitrogen functional groups attached to an aromatic ring is 1. The molecule has 4 nitrogen and oxygen atoms in total. The predicted molar refractivity (Wildman–Crippen MR) is 61.2 cm³/mol. The topological polar surface area (TPSA) is 63.8 Å². The molecule has 0 aliphatic heterocycles. The van der Waals surface area contributed by atoms with Gasteiger partial charge in [0.1, 0.15) is 0 Å². The fraction of sp³-hybridized carbons (Fsp3) is 0.0909. The summed E-state index contributed by atoms with van der Waals surface area (Å²) in [6, 6.07) is 4.59. The molecule has 0 unspecified atom stereocenters. The number of benzene rings is 1. The Balaban J connectivity index is 2.13. The SMILES string of the molecule is Nc1cnc(Nc2ccc(C(F)(F)F)cc2)nc1. The lowest BCUT2D eigenvalue weighted by molar-refractivity contribution is -0.137. The molecule has 0 spiro atoms. The van der Waals surface area contributed by atoms with E-state index in [2.05, 4.69) is 15.3 Å². The summed E-state index contributed by atoms with van der Waals surface area (Å²) < 4.78 is 37.0. The number of nitrogens with two attached hydrogens (primary N) is 1. The van der Waals surface area contributed by atoms with E-state index < -0.39 is 11.7 Å². The van der Waals surface area contributed by atoms with Gasteiger partial charge < -0.3 is 11.1 Å². The van der Waals surface area contributed by atoms with Crippen LogP contribution in [-0.2, 0) is 6.18 Å². The van der Waals surface area contributed by atoms with Gasteiger partial charge in [0, 0.05) is 5.69 Å². The molecule has 7 heteroatoms. The second-order valence-corrected chi connectivity index (χ2v) is 3.54. The highest BCUT2D eigenvalue weighted by molar-refractivity contribution is 5.54. The van der Waals surface area contributed by atoms with E-state index in [1.54, 1.807) is 0 Å². The highest BCUT2D eigenvalue weighted by Crippen LogP contribution is 2.30. The summed E-state index contributed by atoms with van der Waals surface area (Å²) in [5, 5.41) is 2.76. The Labute approximate surface area is 101 Å². The summed E-state index contributed by atoms with van der Waals surface area (Å²) in [5.74, 6) is 0.268. The van der Waals surface area contributed by atoms with E-state index in [0.29, 0.717) is 11.4 Å². The van der Waals surface area contributed by atoms with E-state index in [4.69, 9.17) is 5.73 Å². The maximum atomic E-state index is 12.3. The van der Waals surface area contributed by atoms with Crippen LogP contribution in [0.4, 0.5) is 30.5 Å². The number of halogens is 3. The minimum Gasteiger partial charge on any atom is -0.396 e. The van der Waals surface area contributed by atoms with E-state index in [0.717, 1.165) is 12.1 Å². The average Bonchev–Trinajstić information content (AvgIpc) is 2.32. The molecule has 0 bridgehead atoms. The van der Waals surface area contributed by atoms with Crippen molar-refractivity contribution in [2.45, 2.75) is 6.18 Å². The standard InChI is InChI=1S/C11H9F3N4/c12-11(13,14)7-1-3-9(4-2-7)18-10-16-5-8(15)6-17-10/h1-6H,15H2,(H,16,17,18). The van der Waals surface area contributed by atoms with Gasteiger partial charge >= 0.3 is 6.18 Å². The zero-order valence-corrected chi connectivity index (χ0v) is 9.07. The van der Waals surface area contributed by atoms with Gasteiger partial charge in [-0.1, -0.05) is 0 Å². The van der Waals surface area contributed by atoms with E-state index >= 15 is 0 Å². The fourth-order valence-electron chi connectivity index (χ4n) is 1.27. The summed E-state index contributed by atoms with van der Waals surface area (Å²) in [4.78, 5) is 7.75. The van der Waals surface area contributed by atoms with Crippen molar-refractivity contribution in [2.75, 3.05) is 11.1 Å². The second-order valence-electron chi connectivity index (χ2n) is 3.54. The largest absolute Gasteiger partial charge is 0.416 e. The molecule has 0 saturated heterocycles. The molecule has 0 fully saturated rings. The average molecular weight is 254 g/mol. The smallest absolute Gasteiger partial charge is 0.396 e. The summed E-state index contributed by atoms with van der Waals surface area (Å²) in [6.45, 7) is 0. The first-order chi connectivity index (χ1) is 8.45. The normalized spacial score (nSPS) is 11.3. The van der Waals surface area contributed by atoms with Gasteiger partial charge in [-0.2, -0.15) is 13.2 Å². The molecule has 0 amide bonds. The first-order valence-corrected chi connectivity index (χ1v) is 4.97. The van der Waals surface area contributed by atoms with Crippen LogP contribution in [0.1, 0.15) is 5.56 Å². The Hall–Kier alpha value is -2.31. The van der Waals surface area contributed by atoms with Crippen LogP contribution < -0.4 is 11.1 Å². The van der Waals surface area contributed by atoms with Crippen LogP contribution in [0.25, 0.3) is 0 Å². The molecule has 2 rings (SSSR count). The van der Waals surface area contributed by atoms with E-state index in [1.807, 2.05) is 0 Å². The summed E-state index contributed by atoms with van der Waals surface area (Å²) in [5.41, 5.74) is 5.58. The Kier molecular flexibility index (Phi) is 3.05. The highest BCUT2D eigenvalue weighted by Gasteiger charge is 2.29. The van der Waals surface area contributed by atoms with Gasteiger partial charge in [-0.15, -0.1) is 0 Å².